The van der Waals surface area contributed by atoms with Crippen molar-refractivity contribution in [3.8, 4) is 6.07 Å². The number of H-pyrrole nitrogens is 1. The molecule has 0 saturated carbocycles. The van der Waals surface area contributed by atoms with Crippen molar-refractivity contribution in [2.24, 2.45) is 0 Å². The summed E-state index contributed by atoms with van der Waals surface area (Å²) in [7, 11) is 0. The summed E-state index contributed by atoms with van der Waals surface area (Å²) >= 11 is 0. The molecule has 0 spiro atoms. The summed E-state index contributed by atoms with van der Waals surface area (Å²) in [6.07, 6.45) is 2.57. The molecule has 2 aromatic rings. The Bertz CT molecular complexity index is 705. The summed E-state index contributed by atoms with van der Waals surface area (Å²) in [6, 6.07) is 8.25. The van der Waals surface area contributed by atoms with Gasteiger partial charge in [-0.25, -0.2) is 4.79 Å². The summed E-state index contributed by atoms with van der Waals surface area (Å²) in [5, 5.41) is 12.7. The predicted molar refractivity (Wildman–Crippen MR) is 85.6 cm³/mol. The minimum Gasteiger partial charge on any atom is -0.444 e. The standard InChI is InChI=1S/C17H21N3O2/c1-17(2,3)22-16(21)19-9-7-12-4-5-15-14(10-12)13(6-8-18)11-20-15/h4-5,10-11,20H,6-7,9H2,1-3H3,(H,19,21). The number of hydrogen-bond acceptors (Lipinski definition) is 3. The maximum Gasteiger partial charge on any atom is 0.407 e. The molecular formula is C17H21N3O2. The lowest BCUT2D eigenvalue weighted by molar-refractivity contribution is 0.0528. The number of carbonyl (C=O) groups is 1. The number of ether oxygens (including phenoxy) is 1. The number of nitrogens with one attached hydrogen (secondary N) is 2. The molecule has 1 aromatic carbocycles. The summed E-state index contributed by atoms with van der Waals surface area (Å²) in [5.74, 6) is 0. The molecule has 1 aromatic heterocycles. The number of aromatic nitrogens is 1. The van der Waals surface area contributed by atoms with Crippen molar-refractivity contribution in [2.45, 2.75) is 39.2 Å². The molecule has 1 heterocycles. The molecule has 116 valence electrons. The van der Waals surface area contributed by atoms with Crippen LogP contribution >= 0.6 is 0 Å². The highest BCUT2D eigenvalue weighted by Crippen LogP contribution is 2.20. The maximum atomic E-state index is 11.6. The van der Waals surface area contributed by atoms with Gasteiger partial charge in [0.1, 0.15) is 5.60 Å². The molecule has 0 radical (unpaired) electrons. The molecule has 0 unspecified atom stereocenters. The van der Waals surface area contributed by atoms with E-state index in [2.05, 4.69) is 22.4 Å². The summed E-state index contributed by atoms with van der Waals surface area (Å²) < 4.78 is 5.19. The van der Waals surface area contributed by atoms with E-state index in [1.807, 2.05) is 39.1 Å². The fourth-order valence-corrected chi connectivity index (χ4v) is 2.24. The molecular weight excluding hydrogens is 278 g/mol. The van der Waals surface area contributed by atoms with Crippen LogP contribution in [0, 0.1) is 11.3 Å². The van der Waals surface area contributed by atoms with Gasteiger partial charge in [-0.2, -0.15) is 5.26 Å². The maximum absolute atomic E-state index is 11.6. The van der Waals surface area contributed by atoms with Crippen molar-refractivity contribution in [3.63, 3.8) is 0 Å². The zero-order valence-electron chi connectivity index (χ0n) is 13.2. The highest BCUT2D eigenvalue weighted by molar-refractivity contribution is 5.84. The number of nitrogens with zero attached hydrogens (tertiary/aromatic N) is 1. The van der Waals surface area contributed by atoms with Gasteiger partial charge < -0.3 is 15.0 Å². The molecule has 1 amide bonds. The number of nitriles is 1. The quantitative estimate of drug-likeness (QED) is 0.909. The number of fused-ring (bicyclic) bond motifs is 1. The van der Waals surface area contributed by atoms with Crippen molar-refractivity contribution in [1.29, 1.82) is 5.26 Å². The van der Waals surface area contributed by atoms with Crippen molar-refractivity contribution in [2.75, 3.05) is 6.54 Å². The van der Waals surface area contributed by atoms with E-state index in [4.69, 9.17) is 10.00 Å². The third kappa shape index (κ3) is 4.26. The lowest BCUT2D eigenvalue weighted by Gasteiger charge is -2.19. The normalized spacial score (nSPS) is 11.2. The van der Waals surface area contributed by atoms with Gasteiger partial charge in [-0.3, -0.25) is 0 Å². The van der Waals surface area contributed by atoms with E-state index < -0.39 is 11.7 Å². The van der Waals surface area contributed by atoms with Crippen molar-refractivity contribution < 1.29 is 9.53 Å². The second-order valence-corrected chi connectivity index (χ2v) is 6.21. The molecule has 5 heteroatoms. The van der Waals surface area contributed by atoms with Gasteiger partial charge in [0.15, 0.2) is 0 Å². The zero-order chi connectivity index (χ0) is 16.2. The average molecular weight is 299 g/mol. The first-order valence-electron chi connectivity index (χ1n) is 7.32. The Morgan fingerprint density at radius 1 is 1.41 bits per heavy atom. The van der Waals surface area contributed by atoms with E-state index in [-0.39, 0.29) is 0 Å². The van der Waals surface area contributed by atoms with Crippen LogP contribution in [-0.4, -0.2) is 23.2 Å². The Labute approximate surface area is 130 Å². The minimum atomic E-state index is -0.486. The van der Waals surface area contributed by atoms with Gasteiger partial charge in [-0.1, -0.05) is 6.07 Å². The topological polar surface area (TPSA) is 77.9 Å². The van der Waals surface area contributed by atoms with E-state index in [1.165, 1.54) is 0 Å². The molecule has 5 nitrogen and oxygen atoms in total. The number of alkyl carbamates (subject to hydrolysis) is 1. The smallest absolute Gasteiger partial charge is 0.407 e. The van der Waals surface area contributed by atoms with Crippen LogP contribution in [0.2, 0.25) is 0 Å². The van der Waals surface area contributed by atoms with Crippen molar-refractivity contribution in [1.82, 2.24) is 10.3 Å². The Hall–Kier alpha value is -2.48. The first kappa shape index (κ1) is 15.9. The lowest BCUT2D eigenvalue weighted by atomic mass is 10.1. The number of rotatable bonds is 4. The fourth-order valence-electron chi connectivity index (χ4n) is 2.24. The number of benzene rings is 1. The number of aromatic amines is 1. The van der Waals surface area contributed by atoms with Gasteiger partial charge in [0.2, 0.25) is 0 Å². The Balaban J connectivity index is 1.96. The summed E-state index contributed by atoms with van der Waals surface area (Å²) in [5.41, 5.74) is 2.65. The van der Waals surface area contributed by atoms with Crippen LogP contribution in [0.1, 0.15) is 31.9 Å². The molecule has 22 heavy (non-hydrogen) atoms. The van der Waals surface area contributed by atoms with Crippen LogP contribution in [-0.2, 0) is 17.6 Å². The average Bonchev–Trinajstić information content (AvgIpc) is 2.80. The van der Waals surface area contributed by atoms with E-state index >= 15 is 0 Å². The van der Waals surface area contributed by atoms with E-state index in [0.29, 0.717) is 19.4 Å². The third-order valence-corrected chi connectivity index (χ3v) is 3.18. The first-order valence-corrected chi connectivity index (χ1v) is 7.32. The van der Waals surface area contributed by atoms with E-state index in [0.717, 1.165) is 22.0 Å². The van der Waals surface area contributed by atoms with Gasteiger partial charge in [0, 0.05) is 23.6 Å². The molecule has 0 bridgehead atoms. The Kier molecular flexibility index (Phi) is 4.71. The molecule has 0 aliphatic rings. The van der Waals surface area contributed by atoms with Gasteiger partial charge in [-0.05, 0) is 50.5 Å². The summed E-state index contributed by atoms with van der Waals surface area (Å²) in [4.78, 5) is 14.7. The molecule has 2 rings (SSSR count). The van der Waals surface area contributed by atoms with E-state index in [9.17, 15) is 4.79 Å². The third-order valence-electron chi connectivity index (χ3n) is 3.18. The Morgan fingerprint density at radius 3 is 2.86 bits per heavy atom. The molecule has 0 fully saturated rings. The van der Waals surface area contributed by atoms with Crippen LogP contribution in [0.4, 0.5) is 4.79 Å². The summed E-state index contributed by atoms with van der Waals surface area (Å²) in [6.45, 7) is 6.02. The van der Waals surface area contributed by atoms with Crippen molar-refractivity contribution >= 4 is 17.0 Å². The molecule has 0 atom stereocenters. The van der Waals surface area contributed by atoms with Crippen LogP contribution in [0.3, 0.4) is 0 Å². The predicted octanol–water partition coefficient (Wildman–Crippen LogP) is 3.30. The van der Waals surface area contributed by atoms with Gasteiger partial charge in [0.25, 0.3) is 0 Å². The monoisotopic (exact) mass is 299 g/mol. The molecule has 0 saturated heterocycles. The van der Waals surface area contributed by atoms with Gasteiger partial charge >= 0.3 is 6.09 Å². The second kappa shape index (κ2) is 6.52. The van der Waals surface area contributed by atoms with E-state index in [1.54, 1.807) is 0 Å². The van der Waals surface area contributed by atoms with Crippen LogP contribution in [0.15, 0.2) is 24.4 Å². The largest absolute Gasteiger partial charge is 0.444 e. The van der Waals surface area contributed by atoms with Gasteiger partial charge in [0.05, 0.1) is 12.5 Å². The van der Waals surface area contributed by atoms with Crippen LogP contribution in [0.5, 0.6) is 0 Å². The zero-order valence-corrected chi connectivity index (χ0v) is 13.2. The first-order chi connectivity index (χ1) is 10.4. The SMILES string of the molecule is CC(C)(C)OC(=O)NCCc1ccc2[nH]cc(CC#N)c2c1. The molecule has 2 N–H and O–H groups in total. The molecule has 0 aliphatic carbocycles. The highest BCUT2D eigenvalue weighted by Gasteiger charge is 2.15. The number of hydrogen-bond donors (Lipinski definition) is 2. The number of amides is 1. The molecule has 0 aliphatic heterocycles. The van der Waals surface area contributed by atoms with Crippen LogP contribution < -0.4 is 5.32 Å². The minimum absolute atomic E-state index is 0.389. The Morgan fingerprint density at radius 2 is 2.18 bits per heavy atom. The fraction of sp³-hybridized carbons (Fsp3) is 0.412. The van der Waals surface area contributed by atoms with Crippen molar-refractivity contribution in [3.05, 3.63) is 35.5 Å². The lowest BCUT2D eigenvalue weighted by Crippen LogP contribution is -2.33. The highest BCUT2D eigenvalue weighted by atomic mass is 16.6. The van der Waals surface area contributed by atoms with Gasteiger partial charge in [-0.15, -0.1) is 0 Å². The second-order valence-electron chi connectivity index (χ2n) is 6.21. The van der Waals surface area contributed by atoms with Crippen LogP contribution in [0.25, 0.3) is 10.9 Å². The number of carbonyl (C=O) groups excluding carboxylic acids is 1.